The largest absolute Gasteiger partial charge is 0.387 e. The zero-order valence-electron chi connectivity index (χ0n) is 6.26. The number of carbonyl (C=O) groups is 1. The molecule has 11 heavy (non-hydrogen) atoms. The lowest BCUT2D eigenvalue weighted by molar-refractivity contribution is 0.0638. The predicted octanol–water partition coefficient (Wildman–Crippen LogP) is -1.62. The van der Waals surface area contributed by atoms with Crippen molar-refractivity contribution in [3.8, 4) is 0 Å². The van der Waals surface area contributed by atoms with Crippen molar-refractivity contribution >= 4 is 6.03 Å². The maximum Gasteiger partial charge on any atom is 0.312 e. The number of amides is 2. The molecule has 1 saturated heterocycles. The first-order valence-corrected chi connectivity index (χ1v) is 3.59. The number of hydrogen-bond donors (Lipinski definition) is 4. The minimum atomic E-state index is -0.797. The van der Waals surface area contributed by atoms with E-state index in [2.05, 4.69) is 10.6 Å². The van der Waals surface area contributed by atoms with E-state index in [9.17, 15) is 9.90 Å². The van der Waals surface area contributed by atoms with Gasteiger partial charge < -0.3 is 21.5 Å². The maximum absolute atomic E-state index is 10.3. The van der Waals surface area contributed by atoms with E-state index < -0.39 is 11.6 Å². The van der Waals surface area contributed by atoms with Gasteiger partial charge in [-0.25, -0.2) is 4.79 Å². The second-order valence-corrected chi connectivity index (χ2v) is 2.87. The molecule has 0 aromatic rings. The van der Waals surface area contributed by atoms with Crippen molar-refractivity contribution in [3.63, 3.8) is 0 Å². The molecule has 1 aliphatic heterocycles. The van der Waals surface area contributed by atoms with Crippen molar-refractivity contribution in [2.24, 2.45) is 5.73 Å². The van der Waals surface area contributed by atoms with Crippen molar-refractivity contribution in [1.29, 1.82) is 0 Å². The van der Waals surface area contributed by atoms with Crippen LogP contribution < -0.4 is 16.4 Å². The fourth-order valence-corrected chi connectivity index (χ4v) is 1.13. The number of urea groups is 1. The molecular weight excluding hydrogens is 146 g/mol. The topological polar surface area (TPSA) is 87.4 Å². The van der Waals surface area contributed by atoms with Crippen molar-refractivity contribution < 1.29 is 9.90 Å². The van der Waals surface area contributed by atoms with E-state index in [1.807, 2.05) is 0 Å². The molecule has 0 spiro atoms. The van der Waals surface area contributed by atoms with Gasteiger partial charge in [-0.05, 0) is 13.0 Å². The highest BCUT2D eigenvalue weighted by molar-refractivity contribution is 5.71. The number of hydrogen-bond acceptors (Lipinski definition) is 3. The molecule has 0 aromatic heterocycles. The Morgan fingerprint density at radius 3 is 3.00 bits per heavy atom. The molecule has 1 fully saturated rings. The maximum atomic E-state index is 10.3. The number of β-amino-alcohol motifs (C(OH)–C–C–N with tert-alkyl or cyclic N) is 1. The van der Waals surface area contributed by atoms with Gasteiger partial charge in [-0.3, -0.25) is 0 Å². The molecule has 5 heteroatoms. The normalized spacial score (nSPS) is 30.3. The molecule has 1 unspecified atom stereocenters. The third-order valence-corrected chi connectivity index (χ3v) is 1.81. The molecule has 0 bridgehead atoms. The van der Waals surface area contributed by atoms with Crippen LogP contribution in [0.25, 0.3) is 0 Å². The lowest BCUT2D eigenvalue weighted by Crippen LogP contribution is -2.46. The van der Waals surface area contributed by atoms with Crippen LogP contribution in [0.4, 0.5) is 4.79 Å². The summed E-state index contributed by atoms with van der Waals surface area (Å²) in [4.78, 5) is 10.3. The Kier molecular flexibility index (Phi) is 2.31. The molecule has 1 atom stereocenters. The highest BCUT2D eigenvalue weighted by Gasteiger charge is 2.30. The first-order chi connectivity index (χ1) is 5.12. The Morgan fingerprint density at radius 2 is 2.55 bits per heavy atom. The molecule has 1 heterocycles. The number of aliphatic hydroxyl groups is 1. The molecule has 0 saturated carbocycles. The van der Waals surface area contributed by atoms with E-state index in [4.69, 9.17) is 5.73 Å². The van der Waals surface area contributed by atoms with Crippen LogP contribution >= 0.6 is 0 Å². The van der Waals surface area contributed by atoms with Crippen LogP contribution in [0.15, 0.2) is 0 Å². The Bertz CT molecular complexity index is 154. The summed E-state index contributed by atoms with van der Waals surface area (Å²) in [5, 5.41) is 15.0. The summed E-state index contributed by atoms with van der Waals surface area (Å²) in [5.41, 5.74) is 4.05. The van der Waals surface area contributed by atoms with Crippen LogP contribution in [0, 0.1) is 0 Å². The number of nitrogens with one attached hydrogen (secondary N) is 2. The Balaban J connectivity index is 2.28. The molecule has 1 rings (SSSR count). The highest BCUT2D eigenvalue weighted by atomic mass is 16.3. The van der Waals surface area contributed by atoms with Crippen LogP contribution in [0.5, 0.6) is 0 Å². The minimum Gasteiger partial charge on any atom is -0.387 e. The van der Waals surface area contributed by atoms with Gasteiger partial charge in [0, 0.05) is 13.1 Å². The second-order valence-electron chi connectivity index (χ2n) is 2.87. The standard InChI is InChI=1S/C6H13N3O2/c7-5(10)9-4-6(11)1-2-8-3-6/h8,11H,1-4H2,(H3,7,9,10). The highest BCUT2D eigenvalue weighted by Crippen LogP contribution is 2.11. The van der Waals surface area contributed by atoms with E-state index in [1.165, 1.54) is 0 Å². The molecule has 64 valence electrons. The van der Waals surface area contributed by atoms with Gasteiger partial charge in [0.15, 0.2) is 0 Å². The van der Waals surface area contributed by atoms with E-state index in [-0.39, 0.29) is 6.54 Å². The van der Waals surface area contributed by atoms with Crippen LogP contribution in [-0.2, 0) is 0 Å². The van der Waals surface area contributed by atoms with Gasteiger partial charge in [-0.1, -0.05) is 0 Å². The molecule has 2 amide bonds. The summed E-state index contributed by atoms with van der Waals surface area (Å²) >= 11 is 0. The fraction of sp³-hybridized carbons (Fsp3) is 0.833. The van der Waals surface area contributed by atoms with Crippen LogP contribution in [-0.4, -0.2) is 36.4 Å². The molecule has 1 aliphatic rings. The first kappa shape index (κ1) is 8.29. The molecular formula is C6H13N3O2. The number of rotatable bonds is 2. The van der Waals surface area contributed by atoms with Crippen LogP contribution in [0.1, 0.15) is 6.42 Å². The van der Waals surface area contributed by atoms with E-state index >= 15 is 0 Å². The average molecular weight is 159 g/mol. The third-order valence-electron chi connectivity index (χ3n) is 1.81. The minimum absolute atomic E-state index is 0.231. The lowest BCUT2D eigenvalue weighted by Gasteiger charge is -2.20. The lowest BCUT2D eigenvalue weighted by atomic mass is 10.0. The first-order valence-electron chi connectivity index (χ1n) is 3.59. The number of nitrogens with two attached hydrogens (primary N) is 1. The zero-order chi connectivity index (χ0) is 8.32. The molecule has 5 N–H and O–H groups in total. The Labute approximate surface area is 65.0 Å². The average Bonchev–Trinajstić information content (AvgIpc) is 2.33. The second kappa shape index (κ2) is 3.06. The smallest absolute Gasteiger partial charge is 0.312 e. The van der Waals surface area contributed by atoms with Crippen molar-refractivity contribution in [3.05, 3.63) is 0 Å². The SMILES string of the molecule is NC(=O)NCC1(O)CCNC1. The van der Waals surface area contributed by atoms with Crippen LogP contribution in [0.2, 0.25) is 0 Å². The van der Waals surface area contributed by atoms with E-state index in [1.54, 1.807) is 0 Å². The number of carbonyl (C=O) groups excluding carboxylic acids is 1. The van der Waals surface area contributed by atoms with Gasteiger partial charge in [-0.15, -0.1) is 0 Å². The van der Waals surface area contributed by atoms with Crippen molar-refractivity contribution in [2.45, 2.75) is 12.0 Å². The fourth-order valence-electron chi connectivity index (χ4n) is 1.13. The zero-order valence-corrected chi connectivity index (χ0v) is 6.26. The summed E-state index contributed by atoms with van der Waals surface area (Å²) in [6.45, 7) is 1.54. The van der Waals surface area contributed by atoms with Gasteiger partial charge in [0.05, 0.1) is 5.60 Å². The number of primary amides is 1. The van der Waals surface area contributed by atoms with Crippen molar-refractivity contribution in [2.75, 3.05) is 19.6 Å². The van der Waals surface area contributed by atoms with Gasteiger partial charge >= 0.3 is 6.03 Å². The summed E-state index contributed by atoms with van der Waals surface area (Å²) < 4.78 is 0. The molecule has 0 aromatic carbocycles. The summed E-state index contributed by atoms with van der Waals surface area (Å²) in [6, 6.07) is -0.592. The Morgan fingerprint density at radius 1 is 1.82 bits per heavy atom. The third kappa shape index (κ3) is 2.36. The monoisotopic (exact) mass is 159 g/mol. The van der Waals surface area contributed by atoms with Gasteiger partial charge in [0.25, 0.3) is 0 Å². The molecule has 0 aliphatic carbocycles. The van der Waals surface area contributed by atoms with Crippen molar-refractivity contribution in [1.82, 2.24) is 10.6 Å². The van der Waals surface area contributed by atoms with Gasteiger partial charge in [0.1, 0.15) is 0 Å². The summed E-state index contributed by atoms with van der Waals surface area (Å²) in [7, 11) is 0. The summed E-state index contributed by atoms with van der Waals surface area (Å²) in [5.74, 6) is 0. The van der Waals surface area contributed by atoms with Gasteiger partial charge in [0.2, 0.25) is 0 Å². The van der Waals surface area contributed by atoms with E-state index in [0.29, 0.717) is 13.0 Å². The molecule has 5 nitrogen and oxygen atoms in total. The van der Waals surface area contributed by atoms with Gasteiger partial charge in [-0.2, -0.15) is 0 Å². The summed E-state index contributed by atoms with van der Waals surface area (Å²) in [6.07, 6.45) is 0.660. The van der Waals surface area contributed by atoms with E-state index in [0.717, 1.165) is 6.54 Å². The van der Waals surface area contributed by atoms with Crippen LogP contribution in [0.3, 0.4) is 0 Å². The quantitative estimate of drug-likeness (QED) is 0.390. The Hall–Kier alpha value is -0.810. The molecule has 0 radical (unpaired) electrons. The predicted molar refractivity (Wildman–Crippen MR) is 40.0 cm³/mol.